The van der Waals surface area contributed by atoms with E-state index in [0.717, 1.165) is 30.5 Å². The highest BCUT2D eigenvalue weighted by Gasteiger charge is 2.43. The van der Waals surface area contributed by atoms with Crippen molar-refractivity contribution in [3.8, 4) is 0 Å². The topological polar surface area (TPSA) is 136 Å². The summed E-state index contributed by atoms with van der Waals surface area (Å²) in [5, 5.41) is 6.17. The molecule has 2 aromatic rings. The lowest BCUT2D eigenvalue weighted by Crippen LogP contribution is -2.55. The number of hydrogen-bond donors (Lipinski definition) is 2. The third-order valence-corrected chi connectivity index (χ3v) is 12.0. The van der Waals surface area contributed by atoms with Crippen molar-refractivity contribution in [2.75, 3.05) is 68.4 Å². The van der Waals surface area contributed by atoms with Crippen LogP contribution in [0.2, 0.25) is 0 Å². The first kappa shape index (κ1) is 50.0. The molecule has 0 spiro atoms. The number of likely N-dealkylation sites (N-methyl/N-ethyl adjacent to an activating group) is 1. The predicted molar refractivity (Wildman–Crippen MR) is 241 cm³/mol. The van der Waals surface area contributed by atoms with E-state index in [2.05, 4.69) is 24.5 Å². The van der Waals surface area contributed by atoms with Crippen molar-refractivity contribution in [1.29, 1.82) is 0 Å². The van der Waals surface area contributed by atoms with Crippen molar-refractivity contribution in [3.05, 3.63) is 65.7 Å². The van der Waals surface area contributed by atoms with Crippen molar-refractivity contribution in [2.45, 2.75) is 110 Å². The number of nitrogens with zero attached hydrogens (tertiary/aromatic N) is 5. The molecule has 0 bridgehead atoms. The molecule has 0 aromatic heterocycles. The van der Waals surface area contributed by atoms with Crippen LogP contribution in [-0.4, -0.2) is 142 Å². The number of amides is 3. The van der Waals surface area contributed by atoms with Crippen molar-refractivity contribution < 1.29 is 28.7 Å². The van der Waals surface area contributed by atoms with E-state index in [1.807, 2.05) is 125 Å². The molecule has 0 aliphatic carbocycles. The molecule has 3 rings (SSSR count). The van der Waals surface area contributed by atoms with Crippen LogP contribution < -0.4 is 10.6 Å². The molecule has 1 aliphatic heterocycles. The van der Waals surface area contributed by atoms with E-state index in [1.54, 1.807) is 26.2 Å². The molecule has 0 saturated carbocycles. The van der Waals surface area contributed by atoms with Crippen LogP contribution in [-0.2, 0) is 41.6 Å². The fourth-order valence-electron chi connectivity index (χ4n) is 8.53. The van der Waals surface area contributed by atoms with Gasteiger partial charge < -0.3 is 39.7 Å². The zero-order valence-corrected chi connectivity index (χ0v) is 38.7. The summed E-state index contributed by atoms with van der Waals surface area (Å²) in [6.07, 6.45) is 1.54. The highest BCUT2D eigenvalue weighted by atomic mass is 16.5. The van der Waals surface area contributed by atoms with Gasteiger partial charge in [-0.05, 0) is 61.4 Å². The normalized spacial score (nSPS) is 17.5. The van der Waals surface area contributed by atoms with Crippen molar-refractivity contribution in [3.63, 3.8) is 0 Å². The summed E-state index contributed by atoms with van der Waals surface area (Å²) in [6, 6.07) is 16.0. The Labute approximate surface area is 360 Å². The molecule has 1 fully saturated rings. The molecule has 334 valence electrons. The summed E-state index contributed by atoms with van der Waals surface area (Å²) in [5.74, 6) is -1.11. The first-order valence-electron chi connectivity index (χ1n) is 21.6. The Kier molecular flexibility index (Phi) is 20.2. The van der Waals surface area contributed by atoms with Crippen LogP contribution in [0.4, 0.5) is 5.69 Å². The zero-order valence-electron chi connectivity index (χ0n) is 38.7. The Hall–Kier alpha value is -4.33. The smallest absolute Gasteiger partial charge is 0.247 e. The van der Waals surface area contributed by atoms with Crippen LogP contribution in [0.1, 0.15) is 77.8 Å². The van der Waals surface area contributed by atoms with Gasteiger partial charge >= 0.3 is 0 Å². The molecular weight excluding hydrogens is 759 g/mol. The summed E-state index contributed by atoms with van der Waals surface area (Å²) in [6.45, 7) is 11.2. The molecule has 2 aromatic carbocycles. The largest absolute Gasteiger partial charge is 0.379 e. The van der Waals surface area contributed by atoms with E-state index < -0.39 is 36.1 Å². The molecule has 1 heterocycles. The maximum absolute atomic E-state index is 14.4. The maximum atomic E-state index is 14.4. The second-order valence-corrected chi connectivity index (χ2v) is 17.3. The monoisotopic (exact) mass is 834 g/mol. The number of carbonyl (C=O) groups is 4. The van der Waals surface area contributed by atoms with Crippen LogP contribution in [0, 0.1) is 23.7 Å². The third kappa shape index (κ3) is 13.6. The number of ether oxygens (including phenoxy) is 2. The number of methoxy groups -OCH3 is 2. The van der Waals surface area contributed by atoms with Gasteiger partial charge in [0.25, 0.3) is 0 Å². The molecule has 3 amide bonds. The summed E-state index contributed by atoms with van der Waals surface area (Å²) < 4.78 is 12.2. The number of hydrogen-bond acceptors (Lipinski definition) is 8. The van der Waals surface area contributed by atoms with Crippen LogP contribution in [0.5, 0.6) is 0 Å². The van der Waals surface area contributed by atoms with Crippen LogP contribution in [0.15, 0.2) is 59.6 Å². The van der Waals surface area contributed by atoms with E-state index in [0.29, 0.717) is 31.0 Å². The van der Waals surface area contributed by atoms with Gasteiger partial charge in [-0.2, -0.15) is 0 Å². The lowest BCUT2D eigenvalue weighted by atomic mass is 9.85. The number of aliphatic imine (C=N–C) groups is 1. The van der Waals surface area contributed by atoms with Gasteiger partial charge in [-0.15, -0.1) is 0 Å². The van der Waals surface area contributed by atoms with Gasteiger partial charge in [0, 0.05) is 86.5 Å². The number of carbonyl (C=O) groups excluding carboxylic acids is 4. The van der Waals surface area contributed by atoms with Gasteiger partial charge in [0.1, 0.15) is 11.8 Å². The van der Waals surface area contributed by atoms with E-state index in [1.165, 1.54) is 0 Å². The second-order valence-electron chi connectivity index (χ2n) is 17.3. The van der Waals surface area contributed by atoms with Crippen LogP contribution in [0.3, 0.4) is 0 Å². The lowest BCUT2D eigenvalue weighted by Gasteiger charge is -2.40. The number of rotatable bonds is 22. The van der Waals surface area contributed by atoms with Crippen molar-refractivity contribution in [2.24, 2.45) is 28.7 Å². The standard InChI is InChI=1S/C47H75N7O6/c1-14-32(4)43(53(11)46(58)42(31(2)3)50-47(51(7)8)52(9)10)40(59-12)29-41(56)54-26-18-21-38(54)44(60-13)33(5)39(55)28-36(27-34-19-16-15-17-20-34)45(57)49-37-24-22-35(23-25-37)30-48-6/h15-17,19-20,22-25,31-33,36,38,40,42-44,48H,14,18,21,26-30H2,1-13H3,(H,49,57)/t32-,33-,36+,38-,40+,42-,43-,44+/m0/s1. The van der Waals surface area contributed by atoms with E-state index in [4.69, 9.17) is 14.5 Å². The van der Waals surface area contributed by atoms with Crippen LogP contribution in [0.25, 0.3) is 0 Å². The third-order valence-electron chi connectivity index (χ3n) is 12.0. The van der Waals surface area contributed by atoms with Gasteiger partial charge in [0.2, 0.25) is 17.7 Å². The van der Waals surface area contributed by atoms with E-state index >= 15 is 0 Å². The molecule has 0 unspecified atom stereocenters. The SMILES string of the molecule is CC[C@H](C)[C@@H]([C@@H](CC(=O)N1CCC[C@H]1[C@H](OC)[C@@H](C)C(=O)C[C@@H](Cc1ccccc1)C(=O)Nc1ccc(CNC)cc1)OC)N(C)C(=O)[C@@H](N=C(N(C)C)N(C)C)C(C)C. The van der Waals surface area contributed by atoms with Gasteiger partial charge in [-0.1, -0.05) is 83.5 Å². The fraction of sp³-hybridized carbons (Fsp3) is 0.638. The average molecular weight is 834 g/mol. The minimum absolute atomic E-state index is 0.0214. The number of ketones is 1. The van der Waals surface area contributed by atoms with E-state index in [-0.39, 0.29) is 54.2 Å². The molecule has 60 heavy (non-hydrogen) atoms. The first-order valence-corrected chi connectivity index (χ1v) is 21.6. The number of anilines is 1. The maximum Gasteiger partial charge on any atom is 0.247 e. The summed E-state index contributed by atoms with van der Waals surface area (Å²) in [5.41, 5.74) is 2.74. The lowest BCUT2D eigenvalue weighted by molar-refractivity contribution is -0.146. The quantitative estimate of drug-likeness (QED) is 0.115. The highest BCUT2D eigenvalue weighted by Crippen LogP contribution is 2.31. The number of benzene rings is 2. The molecule has 13 nitrogen and oxygen atoms in total. The van der Waals surface area contributed by atoms with E-state index in [9.17, 15) is 19.2 Å². The van der Waals surface area contributed by atoms with Gasteiger partial charge in [0.05, 0.1) is 30.7 Å². The minimum atomic E-state index is -0.632. The Morgan fingerprint density at radius 3 is 2.03 bits per heavy atom. The molecular formula is C47H75N7O6. The number of guanidine groups is 1. The molecule has 13 heteroatoms. The Balaban J connectivity index is 1.82. The van der Waals surface area contributed by atoms with Crippen molar-refractivity contribution in [1.82, 2.24) is 24.9 Å². The fourth-order valence-corrected chi connectivity index (χ4v) is 8.53. The van der Waals surface area contributed by atoms with Gasteiger partial charge in [-0.25, -0.2) is 4.99 Å². The minimum Gasteiger partial charge on any atom is -0.379 e. The Bertz CT molecular complexity index is 1670. The number of Topliss-reactive ketones (excluding diaryl/α,β-unsaturated/α-hetero) is 1. The Morgan fingerprint density at radius 1 is 0.867 bits per heavy atom. The molecule has 1 saturated heterocycles. The average Bonchev–Trinajstić information content (AvgIpc) is 3.70. The molecule has 2 N–H and O–H groups in total. The second kappa shape index (κ2) is 24.2. The van der Waals surface area contributed by atoms with Crippen LogP contribution >= 0.6 is 0 Å². The predicted octanol–water partition coefficient (Wildman–Crippen LogP) is 5.59. The summed E-state index contributed by atoms with van der Waals surface area (Å²) in [7, 11) is 14.5. The zero-order chi connectivity index (χ0) is 44.7. The number of likely N-dealkylation sites (tertiary alicyclic amines) is 1. The summed E-state index contributed by atoms with van der Waals surface area (Å²) >= 11 is 0. The number of nitrogens with one attached hydrogen (secondary N) is 2. The molecule has 1 aliphatic rings. The highest BCUT2D eigenvalue weighted by molar-refractivity contribution is 5.96. The molecule has 0 radical (unpaired) electrons. The first-order chi connectivity index (χ1) is 28.5. The van der Waals surface area contributed by atoms with Gasteiger partial charge in [0.15, 0.2) is 5.96 Å². The molecule has 8 atom stereocenters. The Morgan fingerprint density at radius 2 is 1.50 bits per heavy atom. The van der Waals surface area contributed by atoms with Crippen molar-refractivity contribution >= 4 is 35.2 Å². The van der Waals surface area contributed by atoms with Gasteiger partial charge in [-0.3, -0.25) is 19.2 Å². The summed E-state index contributed by atoms with van der Waals surface area (Å²) in [4.78, 5) is 69.0.